The summed E-state index contributed by atoms with van der Waals surface area (Å²) in [5.41, 5.74) is 9.06. The maximum absolute atomic E-state index is 8.49. The predicted octanol–water partition coefficient (Wildman–Crippen LogP) is -10.1. The summed E-state index contributed by atoms with van der Waals surface area (Å²) in [4.78, 5) is 43.1. The van der Waals surface area contributed by atoms with Crippen LogP contribution in [0, 0.1) is 63.6 Å². The first-order valence-electron chi connectivity index (χ1n) is 25.7. The van der Waals surface area contributed by atoms with Crippen LogP contribution in [0.25, 0.3) is 22.8 Å². The van der Waals surface area contributed by atoms with Gasteiger partial charge in [0.2, 0.25) is 0 Å². The molecule has 36 heteroatoms. The molecule has 10 rings (SSSR count). The van der Waals surface area contributed by atoms with Crippen molar-refractivity contribution >= 4 is 0 Å². The van der Waals surface area contributed by atoms with E-state index < -0.39 is 41.0 Å². The van der Waals surface area contributed by atoms with Crippen LogP contribution in [0.4, 0.5) is 0 Å². The molecule has 2 fully saturated rings. The molecule has 92 heavy (non-hydrogen) atoms. The van der Waals surface area contributed by atoms with Gasteiger partial charge in [0.1, 0.15) is 0 Å². The second kappa shape index (κ2) is 51.3. The van der Waals surface area contributed by atoms with E-state index in [9.17, 15) is 0 Å². The smallest absolute Gasteiger partial charge is 0.297 e. The van der Waals surface area contributed by atoms with Crippen molar-refractivity contribution in [3.8, 4) is 34.9 Å². The molecule has 0 N–H and O–H groups in total. The van der Waals surface area contributed by atoms with Gasteiger partial charge in [-0.1, -0.05) is 24.3 Å². The van der Waals surface area contributed by atoms with Crippen molar-refractivity contribution in [3.05, 3.63) is 218 Å². The number of halogens is 4. The topological polar surface area (TPSA) is 533 Å². The van der Waals surface area contributed by atoms with Gasteiger partial charge in [0.05, 0.1) is 34.9 Å². The van der Waals surface area contributed by atoms with Gasteiger partial charge in [0.15, 0.2) is 0 Å². The SMILES string of the molecule is CC#N.CC#N.[O-][Cl+3]([O-])([O-])[O-].[O-][Cl+3]([O-])([O-])[O-].[O-][Cl+3]([O-])([O-])[O-].[O-][Cl+3]([O-])([O-])[O-].[Pd+2].[Pd+2].c1cc(CN2CCN(Cc3ccncc3)CC2)ccn1.c1cc(CN2CCN(Cc3ccncc3)CC2)ccn1.c1ccc(-c2ccccn2)nc1.c1ccc(-c2ccccn2)nc1. The van der Waals surface area contributed by atoms with E-state index >= 15 is 0 Å². The molecule has 0 atom stereocenters. The van der Waals surface area contributed by atoms with Gasteiger partial charge in [-0.15, -0.1) is 41.0 Å². The third-order valence-corrected chi connectivity index (χ3v) is 10.7. The molecular weight excluding hydrogens is 1480 g/mol. The average molecular weight is 1540 g/mol. The van der Waals surface area contributed by atoms with Gasteiger partial charge in [-0.2, -0.15) is 10.5 Å². The zero-order valence-corrected chi connectivity index (χ0v) is 55.0. The number of hydrogen-bond acceptors (Lipinski definition) is 30. The van der Waals surface area contributed by atoms with E-state index in [0.717, 1.165) is 101 Å². The van der Waals surface area contributed by atoms with E-state index in [1.807, 2.05) is 122 Å². The minimum atomic E-state index is -4.94. The fourth-order valence-corrected chi connectivity index (χ4v) is 7.25. The maximum Gasteiger partial charge on any atom is 2.00 e. The van der Waals surface area contributed by atoms with Crippen LogP contribution >= 0.6 is 0 Å². The molecule has 0 unspecified atom stereocenters. The van der Waals surface area contributed by atoms with Crippen LogP contribution in [0.3, 0.4) is 0 Å². The van der Waals surface area contributed by atoms with Gasteiger partial charge in [-0.05, 0) is 119 Å². The van der Waals surface area contributed by atoms with Crippen molar-refractivity contribution < 1.29 is 156 Å². The molecule has 2 saturated heterocycles. The van der Waals surface area contributed by atoms with Gasteiger partial charge in [-0.3, -0.25) is 59.5 Å². The second-order valence-electron chi connectivity index (χ2n) is 17.3. The maximum atomic E-state index is 8.49. The first-order valence-corrected chi connectivity index (χ1v) is 30.7. The fourth-order valence-electron chi connectivity index (χ4n) is 7.25. The van der Waals surface area contributed by atoms with Gasteiger partial charge in [0, 0.05) is 167 Å². The van der Waals surface area contributed by atoms with E-state index in [4.69, 9.17) is 85.1 Å². The van der Waals surface area contributed by atoms with Crippen molar-refractivity contribution in [2.24, 2.45) is 0 Å². The number of nitrogens with zero attached hydrogens (tertiary/aromatic N) is 14. The predicted molar refractivity (Wildman–Crippen MR) is 276 cm³/mol. The molecule has 0 spiro atoms. The van der Waals surface area contributed by atoms with Crippen LogP contribution in [0.2, 0.25) is 0 Å². The molecule has 30 nitrogen and oxygen atoms in total. The second-order valence-corrected chi connectivity index (χ2v) is 20.4. The molecule has 0 saturated carbocycles. The summed E-state index contributed by atoms with van der Waals surface area (Å²) in [5.74, 6) is 0. The molecule has 2 aliphatic rings. The van der Waals surface area contributed by atoms with Crippen LogP contribution in [0.15, 0.2) is 196 Å². The first kappa shape index (κ1) is 87.9. The molecule has 8 aromatic rings. The first-order chi connectivity index (χ1) is 42.6. The Balaban J connectivity index is 0. The number of nitriles is 2. The average Bonchev–Trinajstić information content (AvgIpc) is 1.24. The molecule has 0 amide bonds. The molecule has 500 valence electrons. The van der Waals surface area contributed by atoms with E-state index in [-0.39, 0.29) is 40.8 Å². The largest absolute Gasteiger partial charge is 2.00 e. The van der Waals surface area contributed by atoms with Crippen LogP contribution in [-0.4, -0.2) is 112 Å². The third-order valence-electron chi connectivity index (χ3n) is 10.7. The van der Waals surface area contributed by atoms with Gasteiger partial charge in [-0.25, -0.2) is 74.5 Å². The Bertz CT molecular complexity index is 2650. The van der Waals surface area contributed by atoms with Crippen molar-refractivity contribution in [1.29, 1.82) is 10.5 Å². The van der Waals surface area contributed by atoms with Gasteiger partial charge in [0.25, 0.3) is 0 Å². The summed E-state index contributed by atoms with van der Waals surface area (Å²) < 4.78 is 136. The summed E-state index contributed by atoms with van der Waals surface area (Å²) in [6.45, 7) is 16.1. The van der Waals surface area contributed by atoms with E-state index in [2.05, 4.69) is 108 Å². The molecule has 2 aliphatic heterocycles. The quantitative estimate of drug-likeness (QED) is 0.115. The Hall–Kier alpha value is -6.14. The number of rotatable bonds is 10. The Kier molecular flexibility index (Phi) is 49.0. The summed E-state index contributed by atoms with van der Waals surface area (Å²) in [6, 6.07) is 43.5. The Morgan fingerprint density at radius 2 is 0.435 bits per heavy atom. The fraction of sp³-hybridized carbons (Fsp3) is 0.250. The van der Waals surface area contributed by atoms with Crippen LogP contribution < -0.4 is 74.5 Å². The van der Waals surface area contributed by atoms with Gasteiger partial charge >= 0.3 is 40.8 Å². The Morgan fingerprint density at radius 1 is 0.293 bits per heavy atom. The molecule has 8 aromatic heterocycles. The third kappa shape index (κ3) is 55.5. The zero-order chi connectivity index (χ0) is 67.1. The minimum absolute atomic E-state index is 0. The summed E-state index contributed by atoms with van der Waals surface area (Å²) in [6.07, 6.45) is 22.0. The molecule has 0 aliphatic carbocycles. The number of hydrogen-bond donors (Lipinski definition) is 0. The van der Waals surface area contributed by atoms with Crippen molar-refractivity contribution in [1.82, 2.24) is 59.5 Å². The van der Waals surface area contributed by atoms with Gasteiger partial charge < -0.3 is 0 Å². The van der Waals surface area contributed by atoms with Crippen molar-refractivity contribution in [2.75, 3.05) is 52.4 Å². The Labute approximate surface area is 567 Å². The normalized spacial score (nSPS) is 12.8. The molecule has 10 heterocycles. The molecular formula is C56H62Cl4N14O16Pd2. The van der Waals surface area contributed by atoms with Crippen LogP contribution in [0.1, 0.15) is 36.1 Å². The number of pyridine rings is 8. The summed E-state index contributed by atoms with van der Waals surface area (Å²) in [5, 5.41) is 14.6. The summed E-state index contributed by atoms with van der Waals surface area (Å²) >= 11 is 0. The molecule has 0 radical (unpaired) electrons. The standard InChI is InChI=1S/2C16H20N4.2C10H8N2.2C2H3N.4ClHO4.2Pd/c2*1-5-17-6-2-15(1)13-19-9-11-20(12-10-19)14-16-3-7-18-8-4-16;2*1-3-7-11-9(5-1)10-6-2-4-8-12-10;2*1-2-3;4*2-1(3,4)5;;/h2*1-8H,9-14H2;2*1-8H;2*1H3;4*(H,2,3,4,5);;/q;;;;;;;;;;2*+2/p-4. The Morgan fingerprint density at radius 3 is 0.554 bits per heavy atom. The number of aromatic nitrogens is 8. The molecule has 0 aromatic carbocycles. The van der Waals surface area contributed by atoms with E-state index in [0.29, 0.717) is 0 Å². The monoisotopic (exact) mass is 1540 g/mol. The zero-order valence-electron chi connectivity index (χ0n) is 48.9. The number of piperazine rings is 2. The minimum Gasteiger partial charge on any atom is -0.297 e. The van der Waals surface area contributed by atoms with E-state index in [1.165, 1.54) is 36.1 Å². The van der Waals surface area contributed by atoms with E-state index in [1.54, 1.807) is 36.9 Å². The van der Waals surface area contributed by atoms with Crippen LogP contribution in [-0.2, 0) is 67.0 Å². The van der Waals surface area contributed by atoms with Crippen LogP contribution in [0.5, 0.6) is 0 Å². The van der Waals surface area contributed by atoms with Crippen molar-refractivity contribution in [2.45, 2.75) is 40.0 Å². The van der Waals surface area contributed by atoms with Crippen molar-refractivity contribution in [3.63, 3.8) is 0 Å². The molecule has 0 bridgehead atoms. The summed E-state index contributed by atoms with van der Waals surface area (Å²) in [7, 11) is -19.8.